The Morgan fingerprint density at radius 2 is 1.52 bits per heavy atom. The first-order valence-electron chi connectivity index (χ1n) is 7.54. The molecule has 0 radical (unpaired) electrons. The van der Waals surface area contributed by atoms with E-state index in [0.717, 1.165) is 25.7 Å². The summed E-state index contributed by atoms with van der Waals surface area (Å²) in [6.07, 6.45) is 3.79. The third kappa shape index (κ3) is 5.42. The quantitative estimate of drug-likeness (QED) is 0.815. The average Bonchev–Trinajstić information content (AvgIpc) is 2.77. The van der Waals surface area contributed by atoms with Gasteiger partial charge in [0.25, 0.3) is 0 Å². The maximum atomic E-state index is 12.3. The summed E-state index contributed by atoms with van der Waals surface area (Å²) in [7, 11) is -7.16. The van der Waals surface area contributed by atoms with Gasteiger partial charge < -0.3 is 0 Å². The molecule has 1 saturated heterocycles. The Bertz CT molecular complexity index is 710. The van der Waals surface area contributed by atoms with Gasteiger partial charge in [-0.05, 0) is 37.1 Å². The number of halogens is 1. The summed E-state index contributed by atoms with van der Waals surface area (Å²) in [6, 6.07) is 5.72. The second-order valence-corrected chi connectivity index (χ2v) is 9.77. The predicted molar refractivity (Wildman–Crippen MR) is 90.5 cm³/mol. The fourth-order valence-electron chi connectivity index (χ4n) is 2.45. The monoisotopic (exact) mass is 380 g/mol. The first kappa shape index (κ1) is 18.7. The first-order chi connectivity index (χ1) is 10.8. The van der Waals surface area contributed by atoms with Crippen LogP contribution in [0.3, 0.4) is 0 Å². The van der Waals surface area contributed by atoms with E-state index in [2.05, 4.69) is 4.72 Å². The van der Waals surface area contributed by atoms with Crippen molar-refractivity contribution in [2.75, 3.05) is 25.4 Å². The van der Waals surface area contributed by atoms with Crippen LogP contribution in [0.5, 0.6) is 0 Å². The van der Waals surface area contributed by atoms with E-state index in [4.69, 9.17) is 11.6 Å². The van der Waals surface area contributed by atoms with Gasteiger partial charge in [0.2, 0.25) is 20.0 Å². The Kier molecular flexibility index (Phi) is 6.44. The van der Waals surface area contributed by atoms with Crippen molar-refractivity contribution in [1.82, 2.24) is 9.03 Å². The van der Waals surface area contributed by atoms with E-state index < -0.39 is 20.0 Å². The van der Waals surface area contributed by atoms with Crippen LogP contribution >= 0.6 is 11.6 Å². The summed E-state index contributed by atoms with van der Waals surface area (Å²) < 4.78 is 52.6. The van der Waals surface area contributed by atoms with Crippen molar-refractivity contribution < 1.29 is 16.8 Å². The molecule has 9 heteroatoms. The fourth-order valence-corrected chi connectivity index (χ4v) is 5.17. The van der Waals surface area contributed by atoms with Crippen LogP contribution in [0.15, 0.2) is 29.2 Å². The molecule has 0 aliphatic carbocycles. The molecule has 0 amide bonds. The van der Waals surface area contributed by atoms with Gasteiger partial charge in [-0.3, -0.25) is 0 Å². The van der Waals surface area contributed by atoms with Crippen LogP contribution in [0.25, 0.3) is 0 Å². The van der Waals surface area contributed by atoms with Gasteiger partial charge in [-0.2, -0.15) is 0 Å². The summed E-state index contributed by atoms with van der Waals surface area (Å²) in [5.74, 6) is -0.236. The second-order valence-electron chi connectivity index (χ2n) is 5.48. The second kappa shape index (κ2) is 7.94. The Balaban J connectivity index is 1.93. The lowest BCUT2D eigenvalue weighted by Gasteiger charge is -2.19. The highest BCUT2D eigenvalue weighted by Crippen LogP contribution is 2.15. The van der Waals surface area contributed by atoms with E-state index in [0.29, 0.717) is 18.1 Å². The van der Waals surface area contributed by atoms with Crippen molar-refractivity contribution in [3.63, 3.8) is 0 Å². The number of sulfonamides is 2. The van der Waals surface area contributed by atoms with Gasteiger partial charge in [0.15, 0.2) is 0 Å². The van der Waals surface area contributed by atoms with Gasteiger partial charge in [0, 0.05) is 24.7 Å². The summed E-state index contributed by atoms with van der Waals surface area (Å²) in [5, 5.41) is 0.438. The highest BCUT2D eigenvalue weighted by Gasteiger charge is 2.23. The Labute approximate surface area is 142 Å². The summed E-state index contributed by atoms with van der Waals surface area (Å²) in [5.41, 5.74) is 0. The largest absolute Gasteiger partial charge is 0.240 e. The SMILES string of the molecule is O=S(=O)(NCCS(=O)(=O)N1CCCCCC1)c1ccc(Cl)cc1. The van der Waals surface area contributed by atoms with E-state index in [9.17, 15) is 16.8 Å². The maximum absolute atomic E-state index is 12.3. The molecule has 0 saturated carbocycles. The average molecular weight is 381 g/mol. The molecular weight excluding hydrogens is 360 g/mol. The minimum absolute atomic E-state index is 0.0640. The minimum Gasteiger partial charge on any atom is -0.212 e. The van der Waals surface area contributed by atoms with Crippen LogP contribution in [0.4, 0.5) is 0 Å². The predicted octanol–water partition coefficient (Wildman–Crippen LogP) is 1.82. The minimum atomic E-state index is -3.73. The fraction of sp³-hybridized carbons (Fsp3) is 0.571. The Hall–Kier alpha value is -0.670. The number of nitrogens with one attached hydrogen (secondary N) is 1. The third-order valence-electron chi connectivity index (χ3n) is 3.73. The van der Waals surface area contributed by atoms with Gasteiger partial charge in [0.05, 0.1) is 10.6 Å². The van der Waals surface area contributed by atoms with E-state index in [1.807, 2.05) is 0 Å². The van der Waals surface area contributed by atoms with Crippen molar-refractivity contribution in [2.45, 2.75) is 30.6 Å². The van der Waals surface area contributed by atoms with Crippen molar-refractivity contribution >= 4 is 31.6 Å². The zero-order valence-corrected chi connectivity index (χ0v) is 15.1. The summed E-state index contributed by atoms with van der Waals surface area (Å²) >= 11 is 5.73. The van der Waals surface area contributed by atoms with Crippen molar-refractivity contribution in [3.05, 3.63) is 29.3 Å². The molecular formula is C14H21ClN2O4S2. The van der Waals surface area contributed by atoms with Crippen LogP contribution < -0.4 is 4.72 Å². The maximum Gasteiger partial charge on any atom is 0.240 e. The van der Waals surface area contributed by atoms with Crippen molar-refractivity contribution in [1.29, 1.82) is 0 Å². The molecule has 1 aromatic rings. The van der Waals surface area contributed by atoms with Crippen molar-refractivity contribution in [3.8, 4) is 0 Å². The van der Waals surface area contributed by atoms with Crippen LogP contribution in [-0.2, 0) is 20.0 Å². The lowest BCUT2D eigenvalue weighted by Crippen LogP contribution is -2.38. The van der Waals surface area contributed by atoms with Gasteiger partial charge in [0.1, 0.15) is 0 Å². The molecule has 130 valence electrons. The number of nitrogens with zero attached hydrogens (tertiary/aromatic N) is 1. The van der Waals surface area contributed by atoms with Crippen LogP contribution in [-0.4, -0.2) is 46.5 Å². The van der Waals surface area contributed by atoms with Crippen molar-refractivity contribution in [2.24, 2.45) is 0 Å². The van der Waals surface area contributed by atoms with Crippen LogP contribution in [0.2, 0.25) is 5.02 Å². The van der Waals surface area contributed by atoms with E-state index in [1.54, 1.807) is 0 Å². The molecule has 0 aromatic heterocycles. The molecule has 23 heavy (non-hydrogen) atoms. The molecule has 0 atom stereocenters. The molecule has 1 N–H and O–H groups in total. The normalized spacial score (nSPS) is 17.8. The number of rotatable bonds is 6. The Morgan fingerprint density at radius 3 is 2.09 bits per heavy atom. The topological polar surface area (TPSA) is 83.5 Å². The van der Waals surface area contributed by atoms with Gasteiger partial charge in [-0.25, -0.2) is 25.9 Å². The first-order valence-corrected chi connectivity index (χ1v) is 11.0. The van der Waals surface area contributed by atoms with E-state index >= 15 is 0 Å². The molecule has 0 bridgehead atoms. The molecule has 1 heterocycles. The van der Waals surface area contributed by atoms with E-state index in [-0.39, 0.29) is 17.2 Å². The highest BCUT2D eigenvalue weighted by molar-refractivity contribution is 7.90. The third-order valence-corrected chi connectivity index (χ3v) is 7.34. The van der Waals surface area contributed by atoms with Crippen LogP contribution in [0, 0.1) is 0 Å². The molecule has 1 fully saturated rings. The molecule has 1 aromatic carbocycles. The number of hydrogen-bond donors (Lipinski definition) is 1. The van der Waals surface area contributed by atoms with Gasteiger partial charge >= 0.3 is 0 Å². The lowest BCUT2D eigenvalue weighted by molar-refractivity contribution is 0.423. The lowest BCUT2D eigenvalue weighted by atomic mass is 10.2. The van der Waals surface area contributed by atoms with Crippen LogP contribution in [0.1, 0.15) is 25.7 Å². The Morgan fingerprint density at radius 1 is 0.957 bits per heavy atom. The van der Waals surface area contributed by atoms with Gasteiger partial charge in [-0.15, -0.1) is 0 Å². The molecule has 1 aliphatic heterocycles. The standard InChI is InChI=1S/C14H21ClN2O4S2/c15-13-5-7-14(8-6-13)23(20,21)16-9-12-22(18,19)17-10-3-1-2-4-11-17/h5-8,16H,1-4,9-12H2. The number of benzene rings is 1. The molecule has 1 aliphatic rings. The van der Waals surface area contributed by atoms with Gasteiger partial charge in [-0.1, -0.05) is 24.4 Å². The molecule has 2 rings (SSSR count). The smallest absolute Gasteiger partial charge is 0.212 e. The zero-order chi connectivity index (χ0) is 16.9. The molecule has 6 nitrogen and oxygen atoms in total. The zero-order valence-electron chi connectivity index (χ0n) is 12.7. The summed E-state index contributed by atoms with van der Waals surface area (Å²) in [6.45, 7) is 0.891. The number of hydrogen-bond acceptors (Lipinski definition) is 4. The molecule has 0 spiro atoms. The molecule has 0 unspecified atom stereocenters. The highest BCUT2D eigenvalue weighted by atomic mass is 35.5. The summed E-state index contributed by atoms with van der Waals surface area (Å²) in [4.78, 5) is 0.0640. The van der Waals surface area contributed by atoms with E-state index in [1.165, 1.54) is 28.6 Å².